The number of hydrogen-bond donors (Lipinski definition) is 2. The van der Waals surface area contributed by atoms with Crippen LogP contribution < -0.4 is 5.32 Å². The predicted octanol–water partition coefficient (Wildman–Crippen LogP) is 0.199. The molecule has 0 unspecified atom stereocenters. The van der Waals surface area contributed by atoms with E-state index in [-0.39, 0.29) is 17.9 Å². The fraction of sp³-hybridized carbons (Fsp3) is 0.727. The van der Waals surface area contributed by atoms with Gasteiger partial charge in [-0.3, -0.25) is 4.79 Å². The van der Waals surface area contributed by atoms with Gasteiger partial charge in [-0.2, -0.15) is 4.98 Å². The molecule has 1 heterocycles. The largest absolute Gasteiger partial charge is 0.396 e. The van der Waals surface area contributed by atoms with Gasteiger partial charge in [-0.15, -0.1) is 0 Å². The van der Waals surface area contributed by atoms with E-state index in [2.05, 4.69) is 15.5 Å². The highest BCUT2D eigenvalue weighted by Crippen LogP contribution is 2.44. The minimum absolute atomic E-state index is 0.0411. The molecule has 1 aliphatic rings. The van der Waals surface area contributed by atoms with E-state index in [9.17, 15) is 4.79 Å². The minimum Gasteiger partial charge on any atom is -0.396 e. The zero-order chi connectivity index (χ0) is 12.3. The number of aryl methyl sites for hydroxylation is 2. The molecule has 0 spiro atoms. The first-order valence-corrected chi connectivity index (χ1v) is 5.80. The van der Waals surface area contributed by atoms with Crippen molar-refractivity contribution in [2.75, 3.05) is 13.2 Å². The lowest BCUT2D eigenvalue weighted by atomic mass is 10.1. The van der Waals surface area contributed by atoms with Crippen molar-refractivity contribution in [2.24, 2.45) is 5.41 Å². The van der Waals surface area contributed by atoms with Gasteiger partial charge in [0.15, 0.2) is 5.82 Å². The Morgan fingerprint density at radius 3 is 2.88 bits per heavy atom. The van der Waals surface area contributed by atoms with E-state index in [1.54, 1.807) is 6.92 Å². The number of nitrogens with one attached hydrogen (secondary N) is 1. The van der Waals surface area contributed by atoms with Gasteiger partial charge in [0.1, 0.15) is 0 Å². The summed E-state index contributed by atoms with van der Waals surface area (Å²) in [5, 5.41) is 15.6. The molecule has 0 aromatic carbocycles. The molecule has 0 atom stereocenters. The van der Waals surface area contributed by atoms with Crippen molar-refractivity contribution in [3.63, 3.8) is 0 Å². The third-order valence-corrected chi connectivity index (χ3v) is 3.09. The molecule has 2 N–H and O–H groups in total. The van der Waals surface area contributed by atoms with Gasteiger partial charge >= 0.3 is 0 Å². The van der Waals surface area contributed by atoms with Gasteiger partial charge < -0.3 is 14.9 Å². The van der Waals surface area contributed by atoms with Crippen LogP contribution >= 0.6 is 0 Å². The molecular weight excluding hydrogens is 222 g/mol. The van der Waals surface area contributed by atoms with Gasteiger partial charge in [-0.05, 0) is 19.8 Å². The van der Waals surface area contributed by atoms with Gasteiger partial charge in [0.2, 0.25) is 11.8 Å². The fourth-order valence-electron chi connectivity index (χ4n) is 1.60. The molecule has 17 heavy (non-hydrogen) atoms. The summed E-state index contributed by atoms with van der Waals surface area (Å²) in [7, 11) is 0. The first kappa shape index (κ1) is 12.0. The summed E-state index contributed by atoms with van der Waals surface area (Å²) in [6.45, 7) is 2.45. The van der Waals surface area contributed by atoms with Crippen molar-refractivity contribution in [2.45, 2.75) is 32.6 Å². The standard InChI is InChI=1S/C11H17N3O3/c1-8-13-10(17-14-8)3-2-9(16)12-6-11(7-15)4-5-11/h15H,2-7H2,1H3,(H,12,16). The number of hydrogen-bond acceptors (Lipinski definition) is 5. The molecule has 2 rings (SSSR count). The molecular formula is C11H17N3O3. The monoisotopic (exact) mass is 239 g/mol. The van der Waals surface area contributed by atoms with E-state index in [0.29, 0.717) is 31.1 Å². The summed E-state index contributed by atoms with van der Waals surface area (Å²) >= 11 is 0. The van der Waals surface area contributed by atoms with Crippen LogP contribution in [0.1, 0.15) is 31.0 Å². The second-order valence-corrected chi connectivity index (χ2v) is 4.67. The Kier molecular flexibility index (Phi) is 3.42. The zero-order valence-corrected chi connectivity index (χ0v) is 9.90. The van der Waals surface area contributed by atoms with Crippen LogP contribution in [0.4, 0.5) is 0 Å². The van der Waals surface area contributed by atoms with E-state index in [1.807, 2.05) is 0 Å². The quantitative estimate of drug-likeness (QED) is 0.740. The summed E-state index contributed by atoms with van der Waals surface area (Å²) < 4.78 is 4.91. The van der Waals surface area contributed by atoms with Crippen LogP contribution in [0, 0.1) is 12.3 Å². The van der Waals surface area contributed by atoms with Gasteiger partial charge in [0.05, 0.1) is 6.61 Å². The maximum absolute atomic E-state index is 11.5. The Morgan fingerprint density at radius 1 is 1.59 bits per heavy atom. The van der Waals surface area contributed by atoms with E-state index < -0.39 is 0 Å². The smallest absolute Gasteiger partial charge is 0.227 e. The number of aliphatic hydroxyl groups is 1. The summed E-state index contributed by atoms with van der Waals surface area (Å²) in [4.78, 5) is 15.6. The second kappa shape index (κ2) is 4.83. The summed E-state index contributed by atoms with van der Waals surface area (Å²) in [6, 6.07) is 0. The lowest BCUT2D eigenvalue weighted by molar-refractivity contribution is -0.121. The Balaban J connectivity index is 1.67. The molecule has 1 aromatic rings. The molecule has 94 valence electrons. The number of rotatable bonds is 6. The summed E-state index contributed by atoms with van der Waals surface area (Å²) in [5.74, 6) is 1.03. The SMILES string of the molecule is Cc1noc(CCC(=O)NCC2(CO)CC2)n1. The molecule has 1 amide bonds. The number of nitrogens with zero attached hydrogens (tertiary/aromatic N) is 2. The third-order valence-electron chi connectivity index (χ3n) is 3.09. The average Bonchev–Trinajstić information content (AvgIpc) is 3.00. The molecule has 6 nitrogen and oxygen atoms in total. The molecule has 0 saturated heterocycles. The van der Waals surface area contributed by atoms with E-state index >= 15 is 0 Å². The molecule has 0 aliphatic heterocycles. The van der Waals surface area contributed by atoms with Crippen LogP contribution in [0.25, 0.3) is 0 Å². The Morgan fingerprint density at radius 2 is 2.35 bits per heavy atom. The number of aliphatic hydroxyl groups excluding tert-OH is 1. The maximum Gasteiger partial charge on any atom is 0.227 e. The molecule has 1 aromatic heterocycles. The number of carbonyl (C=O) groups is 1. The molecule has 1 aliphatic carbocycles. The topological polar surface area (TPSA) is 88.2 Å². The van der Waals surface area contributed by atoms with Crippen LogP contribution in [0.5, 0.6) is 0 Å². The van der Waals surface area contributed by atoms with E-state index in [1.165, 1.54) is 0 Å². The lowest BCUT2D eigenvalue weighted by Crippen LogP contribution is -2.31. The van der Waals surface area contributed by atoms with Crippen molar-refractivity contribution in [3.8, 4) is 0 Å². The zero-order valence-electron chi connectivity index (χ0n) is 9.90. The first-order valence-electron chi connectivity index (χ1n) is 5.80. The van der Waals surface area contributed by atoms with Gasteiger partial charge in [0, 0.05) is 24.8 Å². The summed E-state index contributed by atoms with van der Waals surface area (Å²) in [5.41, 5.74) is -0.0449. The van der Waals surface area contributed by atoms with Crippen LogP contribution in [0.2, 0.25) is 0 Å². The molecule has 1 fully saturated rings. The van der Waals surface area contributed by atoms with Gasteiger partial charge in [-0.1, -0.05) is 5.16 Å². The first-order chi connectivity index (χ1) is 8.13. The molecule has 6 heteroatoms. The van der Waals surface area contributed by atoms with E-state index in [4.69, 9.17) is 9.63 Å². The number of aromatic nitrogens is 2. The maximum atomic E-state index is 11.5. The third kappa shape index (κ3) is 3.26. The lowest BCUT2D eigenvalue weighted by Gasteiger charge is -2.12. The van der Waals surface area contributed by atoms with Crippen LogP contribution in [-0.2, 0) is 11.2 Å². The Labute approximate surface area is 99.4 Å². The van der Waals surface area contributed by atoms with Crippen molar-refractivity contribution >= 4 is 5.91 Å². The highest BCUT2D eigenvalue weighted by atomic mass is 16.5. The number of carbonyl (C=O) groups excluding carboxylic acids is 1. The predicted molar refractivity (Wildman–Crippen MR) is 59.1 cm³/mol. The van der Waals surface area contributed by atoms with Crippen LogP contribution in [0.3, 0.4) is 0 Å². The highest BCUT2D eigenvalue weighted by molar-refractivity contribution is 5.76. The van der Waals surface area contributed by atoms with E-state index in [0.717, 1.165) is 12.8 Å². The van der Waals surface area contributed by atoms with Crippen molar-refractivity contribution < 1.29 is 14.4 Å². The minimum atomic E-state index is -0.0449. The average molecular weight is 239 g/mol. The van der Waals surface area contributed by atoms with Gasteiger partial charge in [0.25, 0.3) is 0 Å². The highest BCUT2D eigenvalue weighted by Gasteiger charge is 2.41. The normalized spacial score (nSPS) is 16.8. The summed E-state index contributed by atoms with van der Waals surface area (Å²) in [6.07, 6.45) is 2.78. The molecule has 1 saturated carbocycles. The second-order valence-electron chi connectivity index (χ2n) is 4.67. The Bertz CT molecular complexity index is 398. The van der Waals surface area contributed by atoms with Crippen molar-refractivity contribution in [1.29, 1.82) is 0 Å². The van der Waals surface area contributed by atoms with Crippen molar-refractivity contribution in [1.82, 2.24) is 15.5 Å². The van der Waals surface area contributed by atoms with Crippen LogP contribution in [-0.4, -0.2) is 34.3 Å². The Hall–Kier alpha value is -1.43. The number of amides is 1. The van der Waals surface area contributed by atoms with Crippen molar-refractivity contribution in [3.05, 3.63) is 11.7 Å². The van der Waals surface area contributed by atoms with Crippen LogP contribution in [0.15, 0.2) is 4.52 Å². The van der Waals surface area contributed by atoms with Gasteiger partial charge in [-0.25, -0.2) is 0 Å². The molecule has 0 radical (unpaired) electrons. The fourth-order valence-corrected chi connectivity index (χ4v) is 1.60. The molecule has 0 bridgehead atoms.